The van der Waals surface area contributed by atoms with Crippen molar-refractivity contribution in [1.29, 1.82) is 0 Å². The van der Waals surface area contributed by atoms with Gasteiger partial charge in [0.15, 0.2) is 6.29 Å². The Bertz CT molecular complexity index is 1430. The summed E-state index contributed by atoms with van der Waals surface area (Å²) in [5.74, 6) is -0.00223. The van der Waals surface area contributed by atoms with Crippen molar-refractivity contribution in [3.05, 3.63) is 11.6 Å². The first kappa shape index (κ1) is 42.0. The van der Waals surface area contributed by atoms with Crippen LogP contribution in [0.2, 0.25) is 0 Å². The van der Waals surface area contributed by atoms with Crippen LogP contribution in [0.1, 0.15) is 99.3 Å². The molecule has 1 aliphatic heterocycles. The number of ether oxygens (including phenoxy) is 9. The summed E-state index contributed by atoms with van der Waals surface area (Å²) in [6.45, 7) is 14.4. The average Bonchev–Trinajstić information content (AvgIpc) is 3.14. The van der Waals surface area contributed by atoms with Gasteiger partial charge in [-0.15, -0.1) is 0 Å². The number of fused-ring (bicyclic) bond motifs is 7. The SMILES string of the molecule is COC[C@H]1O[C@@H](O[C@H]2[C@@H](OC)C[C@@]3(C)[C@@H](CC[C@]4(C)[C@@H]3CC=C3[C@@H]5CC(C)(C)CC[C@]5(C(=O)OC)CC[C@]34C)[C@]2(C)C(=O)OC)[C@H](OC)[C@@H](OC)[C@@H]1OC. The van der Waals surface area contributed by atoms with Crippen LogP contribution in [0.15, 0.2) is 11.6 Å². The van der Waals surface area contributed by atoms with Crippen LogP contribution in [0.4, 0.5) is 0 Å². The Balaban J connectivity index is 1.40. The van der Waals surface area contributed by atoms with E-state index in [0.29, 0.717) is 6.42 Å². The summed E-state index contributed by atoms with van der Waals surface area (Å²) in [6, 6.07) is 0. The fraction of sp³-hybridized carbons (Fsp3) is 0.907. The van der Waals surface area contributed by atoms with Crippen molar-refractivity contribution in [2.24, 2.45) is 50.2 Å². The van der Waals surface area contributed by atoms with Crippen molar-refractivity contribution in [3.8, 4) is 0 Å². The zero-order valence-corrected chi connectivity index (χ0v) is 35.4. The van der Waals surface area contributed by atoms with Gasteiger partial charge in [-0.2, -0.15) is 0 Å². The lowest BCUT2D eigenvalue weighted by Crippen LogP contribution is -2.70. The van der Waals surface area contributed by atoms with Crippen LogP contribution in [0.25, 0.3) is 0 Å². The monoisotopic (exact) mass is 762 g/mol. The van der Waals surface area contributed by atoms with Gasteiger partial charge in [0.1, 0.15) is 30.5 Å². The minimum atomic E-state index is -1.08. The minimum Gasteiger partial charge on any atom is -0.469 e. The Kier molecular flexibility index (Phi) is 11.6. The Labute approximate surface area is 324 Å². The second-order valence-corrected chi connectivity index (χ2v) is 19.3. The fourth-order valence-electron chi connectivity index (χ4n) is 13.7. The van der Waals surface area contributed by atoms with Crippen LogP contribution < -0.4 is 0 Å². The molecule has 6 rings (SSSR count). The predicted molar refractivity (Wildman–Crippen MR) is 201 cm³/mol. The van der Waals surface area contributed by atoms with Crippen molar-refractivity contribution < 1.29 is 52.2 Å². The molecule has 5 aliphatic carbocycles. The van der Waals surface area contributed by atoms with E-state index in [0.717, 1.165) is 51.4 Å². The first-order valence-corrected chi connectivity index (χ1v) is 20.2. The van der Waals surface area contributed by atoms with Crippen LogP contribution in [0, 0.1) is 50.2 Å². The Hall–Kier alpha value is -1.60. The van der Waals surface area contributed by atoms with Gasteiger partial charge in [0.2, 0.25) is 0 Å². The third-order valence-corrected chi connectivity index (χ3v) is 16.7. The molecule has 308 valence electrons. The quantitative estimate of drug-likeness (QED) is 0.137. The molecule has 11 nitrogen and oxygen atoms in total. The van der Waals surface area contributed by atoms with Crippen molar-refractivity contribution in [1.82, 2.24) is 0 Å². The molecular formula is C43H70O11. The molecule has 4 saturated carbocycles. The highest BCUT2D eigenvalue weighted by Crippen LogP contribution is 2.76. The maximum absolute atomic E-state index is 14.5. The summed E-state index contributed by atoms with van der Waals surface area (Å²) < 4.78 is 54.6. The average molecular weight is 763 g/mol. The molecular weight excluding hydrogens is 692 g/mol. The standard InChI is InChI=1S/C43H70O11/c1-38(2)18-20-43(37(45)52-13)21-19-40(4)25(26(43)22-38)14-15-29-39(3)23-27(47-8)34(42(6,36(44)51-12)30(39)16-17-41(29,40)5)54-35-33(50-11)32(49-10)31(48-9)28(53-35)24-46-7/h14,26-35H,15-24H2,1-13H3/t26-,27-,28+,29+,30+,31+,32-,33+,34-,35-,39+,40+,41+,42-,43-/m0/s1. The molecule has 54 heavy (non-hydrogen) atoms. The molecule has 5 fully saturated rings. The summed E-state index contributed by atoms with van der Waals surface area (Å²) in [5, 5.41) is 0. The molecule has 0 amide bonds. The fourth-order valence-corrected chi connectivity index (χ4v) is 13.7. The van der Waals surface area contributed by atoms with Gasteiger partial charge in [-0.1, -0.05) is 46.3 Å². The van der Waals surface area contributed by atoms with Crippen LogP contribution in [0.5, 0.6) is 0 Å². The molecule has 15 atom stereocenters. The lowest BCUT2D eigenvalue weighted by atomic mass is 9.33. The van der Waals surface area contributed by atoms with Crippen LogP contribution >= 0.6 is 0 Å². The highest BCUT2D eigenvalue weighted by atomic mass is 16.7. The summed E-state index contributed by atoms with van der Waals surface area (Å²) >= 11 is 0. The van der Waals surface area contributed by atoms with Crippen molar-refractivity contribution >= 4 is 11.9 Å². The van der Waals surface area contributed by atoms with Crippen molar-refractivity contribution in [2.75, 3.05) is 56.4 Å². The highest BCUT2D eigenvalue weighted by Gasteiger charge is 2.73. The summed E-state index contributed by atoms with van der Waals surface area (Å²) in [6.07, 6.45) is 6.38. The molecule has 0 unspecified atom stereocenters. The molecule has 1 saturated heterocycles. The van der Waals surface area contributed by atoms with Crippen LogP contribution in [-0.2, 0) is 52.2 Å². The van der Waals surface area contributed by atoms with E-state index in [9.17, 15) is 9.59 Å². The van der Waals surface area contributed by atoms with Gasteiger partial charge in [-0.3, -0.25) is 9.59 Å². The number of esters is 2. The molecule has 11 heteroatoms. The van der Waals surface area contributed by atoms with Gasteiger partial charge < -0.3 is 42.6 Å². The number of hydrogen-bond acceptors (Lipinski definition) is 11. The third-order valence-electron chi connectivity index (χ3n) is 16.7. The van der Waals surface area contributed by atoms with Crippen LogP contribution in [-0.4, -0.2) is 111 Å². The number of hydrogen-bond donors (Lipinski definition) is 0. The molecule has 0 N–H and O–H groups in total. The smallest absolute Gasteiger partial charge is 0.314 e. The van der Waals surface area contributed by atoms with E-state index in [-0.39, 0.29) is 58.0 Å². The molecule has 0 aromatic heterocycles. The van der Waals surface area contributed by atoms with Crippen molar-refractivity contribution in [2.45, 2.75) is 142 Å². The first-order chi connectivity index (χ1) is 25.5. The molecule has 6 aliphatic rings. The zero-order chi connectivity index (χ0) is 39.6. The predicted octanol–water partition coefficient (Wildman–Crippen LogP) is 6.54. The molecule has 0 aromatic rings. The normalized spacial score (nSPS) is 48.3. The number of rotatable bonds is 10. The minimum absolute atomic E-state index is 0.0373. The Morgan fingerprint density at radius 2 is 1.39 bits per heavy atom. The summed E-state index contributed by atoms with van der Waals surface area (Å²) in [4.78, 5) is 28.2. The first-order valence-electron chi connectivity index (χ1n) is 20.2. The maximum atomic E-state index is 14.5. The zero-order valence-electron chi connectivity index (χ0n) is 35.4. The van der Waals surface area contributed by atoms with Gasteiger partial charge in [-0.25, -0.2) is 0 Å². The number of methoxy groups -OCH3 is 7. The highest BCUT2D eigenvalue weighted by molar-refractivity contribution is 5.79. The van der Waals surface area contributed by atoms with E-state index >= 15 is 0 Å². The molecule has 0 radical (unpaired) electrons. The Morgan fingerprint density at radius 3 is 1.98 bits per heavy atom. The molecule has 1 heterocycles. The maximum Gasteiger partial charge on any atom is 0.314 e. The second-order valence-electron chi connectivity index (χ2n) is 19.3. The van der Waals surface area contributed by atoms with E-state index in [2.05, 4.69) is 40.7 Å². The van der Waals surface area contributed by atoms with Crippen molar-refractivity contribution in [3.63, 3.8) is 0 Å². The van der Waals surface area contributed by atoms with Gasteiger partial charge in [0.25, 0.3) is 0 Å². The Morgan fingerprint density at radius 1 is 0.741 bits per heavy atom. The summed E-state index contributed by atoms with van der Waals surface area (Å²) in [7, 11) is 11.2. The molecule has 0 aromatic carbocycles. The van der Waals surface area contributed by atoms with Gasteiger partial charge >= 0.3 is 11.9 Å². The number of allylic oxidation sites excluding steroid dienone is 2. The summed E-state index contributed by atoms with van der Waals surface area (Å²) in [5.41, 5.74) is -0.401. The lowest BCUT2D eigenvalue weighted by molar-refractivity contribution is -0.348. The van der Waals surface area contributed by atoms with E-state index in [1.54, 1.807) is 42.7 Å². The number of carbonyl (C=O) groups excluding carboxylic acids is 2. The van der Waals surface area contributed by atoms with Gasteiger partial charge in [0.05, 0.1) is 37.8 Å². The second kappa shape index (κ2) is 15.0. The third kappa shape index (κ3) is 5.98. The van der Waals surface area contributed by atoms with E-state index < -0.39 is 53.7 Å². The largest absolute Gasteiger partial charge is 0.469 e. The molecule has 0 spiro atoms. The lowest BCUT2D eigenvalue weighted by Gasteiger charge is -2.71. The topological polar surface area (TPSA) is 117 Å². The van der Waals surface area contributed by atoms with E-state index in [4.69, 9.17) is 42.6 Å². The van der Waals surface area contributed by atoms with E-state index in [1.165, 1.54) is 12.7 Å². The van der Waals surface area contributed by atoms with Crippen LogP contribution in [0.3, 0.4) is 0 Å². The van der Waals surface area contributed by atoms with Gasteiger partial charge in [-0.05, 0) is 104 Å². The molecule has 0 bridgehead atoms. The van der Waals surface area contributed by atoms with E-state index in [1.807, 2.05) is 6.92 Å². The van der Waals surface area contributed by atoms with Gasteiger partial charge in [0, 0.05) is 35.5 Å². The number of carbonyl (C=O) groups is 2.